The number of halogens is 1. The fourth-order valence-corrected chi connectivity index (χ4v) is 3.06. The highest BCUT2D eigenvalue weighted by Gasteiger charge is 2.32. The number of piperazine rings is 1. The van der Waals surface area contributed by atoms with Gasteiger partial charge in [-0.1, -0.05) is 29.8 Å². The molecular formula is C16H23ClN2O3. The minimum absolute atomic E-state index is 0.213. The smallest absolute Gasteiger partial charge is 0.327 e. The zero-order chi connectivity index (χ0) is 15.9. The number of nitrogens with zero attached hydrogens (tertiary/aromatic N) is 2. The van der Waals surface area contributed by atoms with Gasteiger partial charge in [0.15, 0.2) is 0 Å². The number of hydrogen-bond donors (Lipinski definition) is 1. The molecule has 0 spiro atoms. The molecule has 0 aliphatic carbocycles. The highest BCUT2D eigenvalue weighted by Crippen LogP contribution is 2.29. The quantitative estimate of drug-likeness (QED) is 0.804. The molecule has 1 fully saturated rings. The van der Waals surface area contributed by atoms with Crippen molar-refractivity contribution in [2.24, 2.45) is 0 Å². The summed E-state index contributed by atoms with van der Waals surface area (Å²) in [5.41, 5.74) is 0.792. The zero-order valence-corrected chi connectivity index (χ0v) is 13.6. The third-order valence-corrected chi connectivity index (χ3v) is 4.37. The summed E-state index contributed by atoms with van der Waals surface area (Å²) in [5, 5.41) is 9.49. The third kappa shape index (κ3) is 4.20. The van der Waals surface area contributed by atoms with Crippen molar-refractivity contribution < 1.29 is 14.6 Å². The molecule has 1 aliphatic heterocycles. The standard InChI is InChI=1S/C16H23ClN2O3/c1-22-16(21)15(13-5-2-3-6-14(13)17)19-10-8-18(9-11-19)7-4-12-20/h2-3,5-6,15,20H,4,7-12H2,1H3/t15-/m1/s1. The number of hydrogen-bond acceptors (Lipinski definition) is 5. The lowest BCUT2D eigenvalue weighted by Crippen LogP contribution is -2.49. The number of benzene rings is 1. The maximum Gasteiger partial charge on any atom is 0.327 e. The van der Waals surface area contributed by atoms with Crippen LogP contribution in [0.4, 0.5) is 0 Å². The highest BCUT2D eigenvalue weighted by atomic mass is 35.5. The van der Waals surface area contributed by atoms with Crippen LogP contribution in [0.3, 0.4) is 0 Å². The van der Waals surface area contributed by atoms with Crippen LogP contribution < -0.4 is 0 Å². The third-order valence-electron chi connectivity index (χ3n) is 4.03. The fourth-order valence-electron chi connectivity index (χ4n) is 2.82. The van der Waals surface area contributed by atoms with Crippen molar-refractivity contribution in [2.75, 3.05) is 46.4 Å². The van der Waals surface area contributed by atoms with Crippen LogP contribution in [-0.2, 0) is 9.53 Å². The number of ether oxygens (including phenoxy) is 1. The van der Waals surface area contributed by atoms with Crippen molar-refractivity contribution in [3.63, 3.8) is 0 Å². The number of methoxy groups -OCH3 is 1. The molecule has 0 unspecified atom stereocenters. The van der Waals surface area contributed by atoms with Gasteiger partial charge in [0.2, 0.25) is 0 Å². The number of aliphatic hydroxyl groups excluding tert-OH is 1. The lowest BCUT2D eigenvalue weighted by Gasteiger charge is -2.38. The molecule has 1 N–H and O–H groups in total. The van der Waals surface area contributed by atoms with Crippen LogP contribution >= 0.6 is 11.6 Å². The van der Waals surface area contributed by atoms with Crippen molar-refractivity contribution in [1.29, 1.82) is 0 Å². The summed E-state index contributed by atoms with van der Waals surface area (Å²) in [6.07, 6.45) is 0.783. The van der Waals surface area contributed by atoms with E-state index in [2.05, 4.69) is 9.80 Å². The van der Waals surface area contributed by atoms with Crippen molar-refractivity contribution in [2.45, 2.75) is 12.5 Å². The van der Waals surface area contributed by atoms with E-state index >= 15 is 0 Å². The van der Waals surface area contributed by atoms with Crippen LogP contribution in [0.2, 0.25) is 5.02 Å². The van der Waals surface area contributed by atoms with Gasteiger partial charge in [0.25, 0.3) is 0 Å². The summed E-state index contributed by atoms with van der Waals surface area (Å²) < 4.78 is 4.98. The lowest BCUT2D eigenvalue weighted by atomic mass is 10.0. The number of rotatable bonds is 6. The maximum atomic E-state index is 12.2. The monoisotopic (exact) mass is 326 g/mol. The molecule has 0 amide bonds. The molecule has 1 saturated heterocycles. The van der Waals surface area contributed by atoms with Crippen LogP contribution in [0.1, 0.15) is 18.0 Å². The predicted octanol–water partition coefficient (Wildman–Crippen LogP) is 1.55. The van der Waals surface area contributed by atoms with Gasteiger partial charge in [-0.15, -0.1) is 0 Å². The van der Waals surface area contributed by atoms with Crippen LogP contribution in [-0.4, -0.2) is 67.3 Å². The Bertz CT molecular complexity index is 490. The van der Waals surface area contributed by atoms with Crippen LogP contribution in [0.5, 0.6) is 0 Å². The van der Waals surface area contributed by atoms with Gasteiger partial charge in [-0.3, -0.25) is 4.90 Å². The Morgan fingerprint density at radius 2 is 2.00 bits per heavy atom. The molecular weight excluding hydrogens is 304 g/mol. The summed E-state index contributed by atoms with van der Waals surface area (Å²) in [5.74, 6) is -0.281. The first-order valence-electron chi connectivity index (χ1n) is 7.57. The number of carbonyl (C=O) groups excluding carboxylic acids is 1. The van der Waals surface area contributed by atoms with Crippen molar-refractivity contribution in [3.8, 4) is 0 Å². The van der Waals surface area contributed by atoms with Crippen molar-refractivity contribution >= 4 is 17.6 Å². The molecule has 6 heteroatoms. The topological polar surface area (TPSA) is 53.0 Å². The van der Waals surface area contributed by atoms with E-state index < -0.39 is 6.04 Å². The fraction of sp³-hybridized carbons (Fsp3) is 0.562. The molecule has 22 heavy (non-hydrogen) atoms. The second kappa shape index (κ2) is 8.48. The van der Waals surface area contributed by atoms with Gasteiger partial charge in [-0.25, -0.2) is 4.79 Å². The second-order valence-corrected chi connectivity index (χ2v) is 5.81. The molecule has 1 aliphatic rings. The summed E-state index contributed by atoms with van der Waals surface area (Å²) in [6.45, 7) is 4.40. The Morgan fingerprint density at radius 1 is 1.32 bits per heavy atom. The Hall–Kier alpha value is -1.14. The number of carbonyl (C=O) groups is 1. The largest absolute Gasteiger partial charge is 0.468 e. The maximum absolute atomic E-state index is 12.2. The van der Waals surface area contributed by atoms with Crippen LogP contribution in [0.15, 0.2) is 24.3 Å². The van der Waals surface area contributed by atoms with E-state index in [1.807, 2.05) is 18.2 Å². The summed E-state index contributed by atoms with van der Waals surface area (Å²) in [6, 6.07) is 6.95. The van der Waals surface area contributed by atoms with Crippen LogP contribution in [0.25, 0.3) is 0 Å². The molecule has 0 aromatic heterocycles. The first-order chi connectivity index (χ1) is 10.7. The molecule has 2 rings (SSSR count). The van der Waals surface area contributed by atoms with Gasteiger partial charge in [0.05, 0.1) is 7.11 Å². The summed E-state index contributed by atoms with van der Waals surface area (Å²) >= 11 is 6.26. The Kier molecular flexibility index (Phi) is 6.64. The average Bonchev–Trinajstić information content (AvgIpc) is 2.56. The predicted molar refractivity (Wildman–Crippen MR) is 85.9 cm³/mol. The van der Waals surface area contributed by atoms with E-state index in [1.54, 1.807) is 6.07 Å². The van der Waals surface area contributed by atoms with E-state index in [4.69, 9.17) is 21.4 Å². The molecule has 0 saturated carbocycles. The van der Waals surface area contributed by atoms with Crippen LogP contribution in [0, 0.1) is 0 Å². The number of esters is 1. The average molecular weight is 327 g/mol. The van der Waals surface area contributed by atoms with E-state index in [0.717, 1.165) is 44.7 Å². The minimum Gasteiger partial charge on any atom is -0.468 e. The number of aliphatic hydroxyl groups is 1. The summed E-state index contributed by atoms with van der Waals surface area (Å²) in [4.78, 5) is 16.7. The first kappa shape index (κ1) is 17.2. The lowest BCUT2D eigenvalue weighted by molar-refractivity contribution is -0.148. The Labute approximate surface area is 136 Å². The van der Waals surface area contributed by atoms with Crippen molar-refractivity contribution in [1.82, 2.24) is 9.80 Å². The Morgan fingerprint density at radius 3 is 2.59 bits per heavy atom. The molecule has 0 radical (unpaired) electrons. The van der Waals surface area contributed by atoms with Gasteiger partial charge in [0.1, 0.15) is 6.04 Å². The molecule has 1 atom stereocenters. The second-order valence-electron chi connectivity index (χ2n) is 5.40. The molecule has 1 heterocycles. The highest BCUT2D eigenvalue weighted by molar-refractivity contribution is 6.31. The Balaban J connectivity index is 2.09. The molecule has 5 nitrogen and oxygen atoms in total. The van der Waals surface area contributed by atoms with Gasteiger partial charge >= 0.3 is 5.97 Å². The van der Waals surface area contributed by atoms with Gasteiger partial charge < -0.3 is 14.7 Å². The first-order valence-corrected chi connectivity index (χ1v) is 7.94. The van der Waals surface area contributed by atoms with E-state index in [1.165, 1.54) is 7.11 Å². The van der Waals surface area contributed by atoms with E-state index in [-0.39, 0.29) is 12.6 Å². The summed E-state index contributed by atoms with van der Waals surface area (Å²) in [7, 11) is 1.41. The van der Waals surface area contributed by atoms with E-state index in [0.29, 0.717) is 5.02 Å². The molecule has 1 aromatic carbocycles. The zero-order valence-electron chi connectivity index (χ0n) is 12.9. The van der Waals surface area contributed by atoms with Gasteiger partial charge in [-0.2, -0.15) is 0 Å². The SMILES string of the molecule is COC(=O)[C@@H](c1ccccc1Cl)N1CCN(CCCO)CC1. The van der Waals surface area contributed by atoms with Crippen molar-refractivity contribution in [3.05, 3.63) is 34.9 Å². The van der Waals surface area contributed by atoms with Gasteiger partial charge in [-0.05, 0) is 18.1 Å². The van der Waals surface area contributed by atoms with Gasteiger partial charge in [0, 0.05) is 44.4 Å². The molecule has 1 aromatic rings. The minimum atomic E-state index is -0.460. The normalized spacial score (nSPS) is 18.1. The van der Waals surface area contributed by atoms with E-state index in [9.17, 15) is 4.79 Å². The molecule has 122 valence electrons. The molecule has 0 bridgehead atoms.